The van der Waals surface area contributed by atoms with Crippen LogP contribution in [0.5, 0.6) is 0 Å². The van der Waals surface area contributed by atoms with E-state index in [9.17, 15) is 0 Å². The van der Waals surface area contributed by atoms with Crippen molar-refractivity contribution in [2.75, 3.05) is 18.5 Å². The topological polar surface area (TPSA) is 29.3 Å². The first-order valence-electron chi connectivity index (χ1n) is 5.98. The Bertz CT molecular complexity index is 512. The minimum atomic E-state index is -0.0376. The highest BCUT2D eigenvalue weighted by Gasteiger charge is 2.22. The largest absolute Gasteiger partial charge is 0.368 e. The quantitative estimate of drug-likeness (QED) is 0.875. The molecule has 0 aliphatic carbocycles. The molecule has 2 aromatic carbocycles. The number of benzene rings is 2. The fourth-order valence-electron chi connectivity index (χ4n) is 1.96. The molecular formula is C15H20N2. The third-order valence-electron chi connectivity index (χ3n) is 3.54. The van der Waals surface area contributed by atoms with Gasteiger partial charge in [-0.05, 0) is 25.3 Å². The van der Waals surface area contributed by atoms with E-state index in [2.05, 4.69) is 68.3 Å². The Kier molecular flexibility index (Phi) is 3.07. The van der Waals surface area contributed by atoms with Gasteiger partial charge in [-0.1, -0.05) is 36.4 Å². The smallest absolute Gasteiger partial charge is 0.0465 e. The summed E-state index contributed by atoms with van der Waals surface area (Å²) in [6, 6.07) is 14.8. The minimum absolute atomic E-state index is 0.0376. The maximum absolute atomic E-state index is 5.85. The molecule has 2 aromatic rings. The molecule has 0 radical (unpaired) electrons. The van der Waals surface area contributed by atoms with Gasteiger partial charge in [0.1, 0.15) is 0 Å². The third kappa shape index (κ3) is 2.13. The number of likely N-dealkylation sites (N-methyl/N-ethyl adjacent to an activating group) is 1. The van der Waals surface area contributed by atoms with E-state index in [0.29, 0.717) is 6.54 Å². The molecule has 0 unspecified atom stereocenters. The predicted octanol–water partition coefficient (Wildman–Crippen LogP) is 3.01. The lowest BCUT2D eigenvalue weighted by Gasteiger charge is -2.37. The fourth-order valence-corrected chi connectivity index (χ4v) is 1.96. The Morgan fingerprint density at radius 1 is 1.06 bits per heavy atom. The molecule has 0 fully saturated rings. The van der Waals surface area contributed by atoms with Gasteiger partial charge in [0, 0.05) is 30.2 Å². The summed E-state index contributed by atoms with van der Waals surface area (Å²) in [5.74, 6) is 0. The van der Waals surface area contributed by atoms with Crippen LogP contribution in [-0.4, -0.2) is 19.1 Å². The second kappa shape index (κ2) is 4.38. The van der Waals surface area contributed by atoms with E-state index in [4.69, 9.17) is 5.73 Å². The monoisotopic (exact) mass is 228 g/mol. The number of fused-ring (bicyclic) bond motifs is 1. The SMILES string of the molecule is CN(c1cccc2ccccc12)C(C)(C)CN. The van der Waals surface area contributed by atoms with Crippen molar-refractivity contribution < 1.29 is 0 Å². The Morgan fingerprint density at radius 3 is 2.41 bits per heavy atom. The molecule has 2 N–H and O–H groups in total. The summed E-state index contributed by atoms with van der Waals surface area (Å²) in [6.07, 6.45) is 0. The van der Waals surface area contributed by atoms with Crippen molar-refractivity contribution in [1.29, 1.82) is 0 Å². The highest BCUT2D eigenvalue weighted by atomic mass is 15.2. The zero-order valence-corrected chi connectivity index (χ0v) is 10.8. The van der Waals surface area contributed by atoms with Gasteiger partial charge in [-0.3, -0.25) is 0 Å². The molecule has 0 aliphatic rings. The maximum atomic E-state index is 5.85. The summed E-state index contributed by atoms with van der Waals surface area (Å²) in [6.45, 7) is 4.95. The van der Waals surface area contributed by atoms with Crippen LogP contribution in [0.4, 0.5) is 5.69 Å². The van der Waals surface area contributed by atoms with Crippen LogP contribution in [-0.2, 0) is 0 Å². The molecule has 0 heterocycles. The van der Waals surface area contributed by atoms with E-state index in [1.54, 1.807) is 0 Å². The predicted molar refractivity (Wildman–Crippen MR) is 75.5 cm³/mol. The number of nitrogens with zero attached hydrogens (tertiary/aromatic N) is 1. The van der Waals surface area contributed by atoms with E-state index >= 15 is 0 Å². The molecule has 2 rings (SSSR count). The van der Waals surface area contributed by atoms with E-state index in [0.717, 1.165) is 0 Å². The second-order valence-electron chi connectivity index (χ2n) is 5.07. The van der Waals surface area contributed by atoms with Crippen molar-refractivity contribution in [2.45, 2.75) is 19.4 Å². The molecule has 0 bridgehead atoms. The van der Waals surface area contributed by atoms with Crippen LogP contribution < -0.4 is 10.6 Å². The lowest BCUT2D eigenvalue weighted by Crippen LogP contribution is -2.47. The lowest BCUT2D eigenvalue weighted by atomic mass is 10.0. The summed E-state index contributed by atoms with van der Waals surface area (Å²) in [5.41, 5.74) is 7.04. The molecule has 2 heteroatoms. The highest BCUT2D eigenvalue weighted by molar-refractivity contribution is 5.94. The van der Waals surface area contributed by atoms with Crippen LogP contribution in [0.1, 0.15) is 13.8 Å². The molecule has 17 heavy (non-hydrogen) atoms. The van der Waals surface area contributed by atoms with Gasteiger partial charge < -0.3 is 10.6 Å². The molecule has 2 nitrogen and oxygen atoms in total. The number of hydrogen-bond acceptors (Lipinski definition) is 2. The van der Waals surface area contributed by atoms with Crippen LogP contribution in [0.3, 0.4) is 0 Å². The van der Waals surface area contributed by atoms with Crippen molar-refractivity contribution in [3.8, 4) is 0 Å². The number of rotatable bonds is 3. The molecule has 90 valence electrons. The first-order valence-corrected chi connectivity index (χ1v) is 5.98. The summed E-state index contributed by atoms with van der Waals surface area (Å²) < 4.78 is 0. The van der Waals surface area contributed by atoms with Gasteiger partial charge in [-0.15, -0.1) is 0 Å². The van der Waals surface area contributed by atoms with E-state index in [1.807, 2.05) is 0 Å². The minimum Gasteiger partial charge on any atom is -0.368 e. The zero-order valence-electron chi connectivity index (χ0n) is 10.8. The first kappa shape index (κ1) is 11.9. The summed E-state index contributed by atoms with van der Waals surface area (Å²) >= 11 is 0. The lowest BCUT2D eigenvalue weighted by molar-refractivity contribution is 0.500. The molecule has 0 saturated carbocycles. The average molecular weight is 228 g/mol. The van der Waals surface area contributed by atoms with Gasteiger partial charge in [0.2, 0.25) is 0 Å². The standard InChI is InChI=1S/C15H20N2/c1-15(2,11-16)17(3)14-10-6-8-12-7-4-5-9-13(12)14/h4-10H,11,16H2,1-3H3. The van der Waals surface area contributed by atoms with Gasteiger partial charge in [0.05, 0.1) is 0 Å². The van der Waals surface area contributed by atoms with E-state index in [1.165, 1.54) is 16.5 Å². The molecule has 0 spiro atoms. The van der Waals surface area contributed by atoms with Crippen molar-refractivity contribution in [3.63, 3.8) is 0 Å². The van der Waals surface area contributed by atoms with Crippen LogP contribution in [0.15, 0.2) is 42.5 Å². The van der Waals surface area contributed by atoms with Crippen molar-refractivity contribution in [3.05, 3.63) is 42.5 Å². The summed E-state index contributed by atoms with van der Waals surface area (Å²) in [4.78, 5) is 2.26. The zero-order chi connectivity index (χ0) is 12.5. The molecule has 0 aliphatic heterocycles. The van der Waals surface area contributed by atoms with Gasteiger partial charge in [0.15, 0.2) is 0 Å². The van der Waals surface area contributed by atoms with Crippen LogP contribution in [0.25, 0.3) is 10.8 Å². The van der Waals surface area contributed by atoms with Crippen molar-refractivity contribution >= 4 is 16.5 Å². The third-order valence-corrected chi connectivity index (χ3v) is 3.54. The molecular weight excluding hydrogens is 208 g/mol. The normalized spacial score (nSPS) is 11.8. The Balaban J connectivity index is 2.56. The number of nitrogens with two attached hydrogens (primary N) is 1. The first-order chi connectivity index (χ1) is 8.06. The van der Waals surface area contributed by atoms with E-state index in [-0.39, 0.29) is 5.54 Å². The molecule has 0 saturated heterocycles. The highest BCUT2D eigenvalue weighted by Crippen LogP contribution is 2.29. The molecule has 0 amide bonds. The van der Waals surface area contributed by atoms with Crippen LogP contribution >= 0.6 is 0 Å². The maximum Gasteiger partial charge on any atom is 0.0465 e. The van der Waals surface area contributed by atoms with Gasteiger partial charge in [-0.25, -0.2) is 0 Å². The Labute approximate surface area is 103 Å². The van der Waals surface area contributed by atoms with Gasteiger partial charge in [-0.2, -0.15) is 0 Å². The van der Waals surface area contributed by atoms with Gasteiger partial charge >= 0.3 is 0 Å². The van der Waals surface area contributed by atoms with E-state index < -0.39 is 0 Å². The molecule has 0 aromatic heterocycles. The molecule has 0 atom stereocenters. The fraction of sp³-hybridized carbons (Fsp3) is 0.333. The number of hydrogen-bond donors (Lipinski definition) is 1. The average Bonchev–Trinajstić information content (AvgIpc) is 2.37. The second-order valence-corrected chi connectivity index (χ2v) is 5.07. The number of anilines is 1. The Hall–Kier alpha value is -1.54. The summed E-state index contributed by atoms with van der Waals surface area (Å²) in [7, 11) is 2.11. The van der Waals surface area contributed by atoms with Crippen LogP contribution in [0, 0.1) is 0 Å². The van der Waals surface area contributed by atoms with Crippen LogP contribution in [0.2, 0.25) is 0 Å². The van der Waals surface area contributed by atoms with Crippen molar-refractivity contribution in [2.24, 2.45) is 5.73 Å². The summed E-state index contributed by atoms with van der Waals surface area (Å²) in [5, 5.41) is 2.55. The Morgan fingerprint density at radius 2 is 1.71 bits per heavy atom. The van der Waals surface area contributed by atoms with Crippen molar-refractivity contribution in [1.82, 2.24) is 0 Å². The van der Waals surface area contributed by atoms with Gasteiger partial charge in [0.25, 0.3) is 0 Å².